The second-order valence-corrected chi connectivity index (χ2v) is 0.781. The number of urea groups is 1. The first-order valence-electron chi connectivity index (χ1n) is 1.47. The first kappa shape index (κ1) is 6.47. The lowest BCUT2D eigenvalue weighted by atomic mass is 11.1. The molecule has 7 nitrogen and oxygen atoms in total. The van der Waals surface area contributed by atoms with E-state index in [2.05, 4.69) is 0 Å². The highest BCUT2D eigenvalue weighted by atomic mass is 16.6. The quantitative estimate of drug-likeness (QED) is 0.278. The minimum absolute atomic E-state index is 1.04. The fraction of sp³-hybridized carbons (Fsp3) is 0. The summed E-state index contributed by atoms with van der Waals surface area (Å²) in [5.74, 6) is 0. The molecule has 0 rings (SSSR count). The second-order valence-electron chi connectivity index (χ2n) is 0.781. The van der Waals surface area contributed by atoms with Gasteiger partial charge >= 0.3 is 6.03 Å². The van der Waals surface area contributed by atoms with Gasteiger partial charge in [0, 0.05) is 0 Å². The van der Waals surface area contributed by atoms with Crippen molar-refractivity contribution in [3.8, 4) is 0 Å². The Hall–Kier alpha value is -1.53. The Morgan fingerprint density at radius 3 is 2.38 bits per heavy atom. The number of nitrogens with one attached hydrogen (secondary N) is 1. The van der Waals surface area contributed by atoms with Crippen molar-refractivity contribution in [1.82, 2.24) is 5.43 Å². The van der Waals surface area contributed by atoms with Gasteiger partial charge in [-0.3, -0.25) is 0 Å². The summed E-state index contributed by atoms with van der Waals surface area (Å²) in [6.07, 6.45) is 0. The van der Waals surface area contributed by atoms with Gasteiger partial charge in [-0.2, -0.15) is 4.79 Å². The molecule has 7 heteroatoms. The molecule has 0 atom stereocenters. The summed E-state index contributed by atoms with van der Waals surface area (Å²) in [5.41, 5.74) is 1.14. The van der Waals surface area contributed by atoms with Crippen LogP contribution in [0.15, 0.2) is 5.29 Å². The van der Waals surface area contributed by atoms with Gasteiger partial charge in [-0.05, 0) is 4.91 Å². The zero-order valence-electron chi connectivity index (χ0n) is 3.57. The molecule has 0 radical (unpaired) electrons. The molecule has 0 aliphatic heterocycles. The van der Waals surface area contributed by atoms with Crippen LogP contribution in [0, 0.1) is 9.81 Å². The van der Waals surface area contributed by atoms with Crippen molar-refractivity contribution in [2.75, 3.05) is 0 Å². The summed E-state index contributed by atoms with van der Waals surface area (Å²) in [6, 6.07) is -1.51. The van der Waals surface area contributed by atoms with Gasteiger partial charge in [-0.1, -0.05) is 5.43 Å². The Kier molecular flexibility index (Phi) is 2.11. The highest BCUT2D eigenvalue weighted by Crippen LogP contribution is 1.66. The number of nitrogens with zero attached hydrogens (tertiary/aromatic N) is 2. The maximum Gasteiger partial charge on any atom is 0.600 e. The van der Waals surface area contributed by atoms with Crippen molar-refractivity contribution in [3.63, 3.8) is 0 Å². The Morgan fingerprint density at radius 1 is 1.75 bits per heavy atom. The van der Waals surface area contributed by atoms with Crippen molar-refractivity contribution < 1.29 is 14.9 Å². The average Bonchev–Trinajstić information content (AvgIpc) is 1.67. The molecule has 44 valence electrons. The van der Waals surface area contributed by atoms with E-state index < -0.39 is 11.0 Å². The van der Waals surface area contributed by atoms with Gasteiger partial charge in [-0.15, -0.1) is 4.91 Å². The van der Waals surface area contributed by atoms with Crippen molar-refractivity contribution in [3.05, 3.63) is 9.81 Å². The lowest BCUT2D eigenvalue weighted by Crippen LogP contribution is -2.24. The first-order valence-corrected chi connectivity index (χ1v) is 1.47. The van der Waals surface area contributed by atoms with Crippen LogP contribution in [-0.4, -0.2) is 16.2 Å². The Morgan fingerprint density at radius 2 is 2.25 bits per heavy atom. The van der Waals surface area contributed by atoms with Crippen molar-refractivity contribution in [2.24, 2.45) is 5.29 Å². The zero-order valence-corrected chi connectivity index (χ0v) is 3.57. The van der Waals surface area contributed by atoms with E-state index in [4.69, 9.17) is 10.1 Å². The molecule has 0 fully saturated rings. The predicted octanol–water partition coefficient (Wildman–Crippen LogP) is -0.455. The molecule has 0 aromatic rings. The van der Waals surface area contributed by atoms with E-state index in [9.17, 15) is 9.70 Å². The summed E-state index contributed by atoms with van der Waals surface area (Å²) < 4.78 is 0. The fourth-order valence-corrected chi connectivity index (χ4v) is 0.0818. The maximum atomic E-state index is 9.70. The lowest BCUT2D eigenvalue weighted by molar-refractivity contribution is -0.716. The van der Waals surface area contributed by atoms with E-state index >= 15 is 0 Å². The van der Waals surface area contributed by atoms with Crippen LogP contribution in [-0.2, 0) is 0 Å². The van der Waals surface area contributed by atoms with Gasteiger partial charge < -0.3 is 5.21 Å². The van der Waals surface area contributed by atoms with Crippen LogP contribution in [0.1, 0.15) is 0 Å². The topological polar surface area (TPSA) is 98.8 Å². The largest absolute Gasteiger partial charge is 0.600 e. The number of rotatable bonds is 1. The van der Waals surface area contributed by atoms with Crippen molar-refractivity contribution in [2.45, 2.75) is 0 Å². The van der Waals surface area contributed by atoms with Crippen LogP contribution in [0.2, 0.25) is 0 Å². The average molecular weight is 120 g/mol. The number of carbonyl (C=O) groups excluding carboxylic acids is 1. The Labute approximate surface area is 42.8 Å². The zero-order chi connectivity index (χ0) is 6.57. The van der Waals surface area contributed by atoms with Crippen LogP contribution >= 0.6 is 0 Å². The molecule has 0 saturated heterocycles. The Bertz CT molecular complexity index is 129. The first-order chi connectivity index (χ1) is 3.68. The summed E-state index contributed by atoms with van der Waals surface area (Å²) in [4.78, 5) is 27.1. The Balaban J connectivity index is 3.65. The van der Waals surface area contributed by atoms with Gasteiger partial charge in [0.1, 0.15) is 0 Å². The predicted molar refractivity (Wildman–Crippen MR) is 19.7 cm³/mol. The SMILES string of the molecule is O=NNC(=O)[N+](=O)O. The van der Waals surface area contributed by atoms with Crippen molar-refractivity contribution in [1.29, 1.82) is 0 Å². The molecule has 0 unspecified atom stereocenters. The van der Waals surface area contributed by atoms with E-state index in [1.807, 2.05) is 0 Å². The number of amides is 2. The molecule has 0 bridgehead atoms. The molecule has 0 aliphatic rings. The van der Waals surface area contributed by atoms with Gasteiger partial charge in [0.25, 0.3) is 0 Å². The molecule has 8 heavy (non-hydrogen) atoms. The summed E-state index contributed by atoms with van der Waals surface area (Å²) in [5, 5.41) is 9.42. The second kappa shape index (κ2) is 2.61. The van der Waals surface area contributed by atoms with Gasteiger partial charge in [0.2, 0.25) is 4.92 Å². The normalized spacial score (nSPS) is 7.50. The highest BCUT2D eigenvalue weighted by Gasteiger charge is 2.17. The van der Waals surface area contributed by atoms with E-state index in [-0.39, 0.29) is 0 Å². The molecule has 0 spiro atoms. The minimum atomic E-state index is -1.51. The van der Waals surface area contributed by atoms with Gasteiger partial charge in [0.15, 0.2) is 5.29 Å². The van der Waals surface area contributed by atoms with Gasteiger partial charge in [-0.25, -0.2) is 0 Å². The number of carbonyl (C=O) groups is 1. The molecule has 2 amide bonds. The third-order valence-corrected chi connectivity index (χ3v) is 0.315. The van der Waals surface area contributed by atoms with Crippen molar-refractivity contribution >= 4 is 6.03 Å². The van der Waals surface area contributed by atoms with Gasteiger partial charge in [0.05, 0.1) is 0 Å². The highest BCUT2D eigenvalue weighted by molar-refractivity contribution is 5.63. The summed E-state index contributed by atoms with van der Waals surface area (Å²) in [6.45, 7) is 0. The third-order valence-electron chi connectivity index (χ3n) is 0.315. The minimum Gasteiger partial charge on any atom is -0.311 e. The molecule has 0 aromatic carbocycles. The number of hydrogen-bond donors (Lipinski definition) is 2. The number of nitroso groups, excluding NO2 is 1. The van der Waals surface area contributed by atoms with Crippen LogP contribution in [0.4, 0.5) is 4.79 Å². The standard InChI is InChI=1S/CHN3O4/c5-1(2-3-6)4(7)8/h(H-,2,5,6,7,8)/p+1. The van der Waals surface area contributed by atoms with E-state index in [0.29, 0.717) is 0 Å². The van der Waals surface area contributed by atoms with E-state index in [0.717, 1.165) is 5.43 Å². The third kappa shape index (κ3) is 1.80. The number of hydrogen-bond acceptors (Lipinski definition) is 4. The van der Waals surface area contributed by atoms with E-state index in [1.165, 1.54) is 0 Å². The molecule has 0 aromatic heterocycles. The molecule has 2 N–H and O–H groups in total. The molecular weight excluding hydrogens is 118 g/mol. The fourth-order valence-electron chi connectivity index (χ4n) is 0.0818. The molecule has 0 heterocycles. The smallest absolute Gasteiger partial charge is 0.311 e. The maximum absolute atomic E-state index is 9.70. The van der Waals surface area contributed by atoms with Crippen LogP contribution < -0.4 is 5.43 Å². The van der Waals surface area contributed by atoms with Crippen LogP contribution in [0.3, 0.4) is 0 Å². The lowest BCUT2D eigenvalue weighted by Gasteiger charge is -1.73. The summed E-state index contributed by atoms with van der Waals surface area (Å²) >= 11 is 0. The monoisotopic (exact) mass is 120 g/mol. The van der Waals surface area contributed by atoms with Crippen LogP contribution in [0.25, 0.3) is 0 Å². The van der Waals surface area contributed by atoms with E-state index in [1.54, 1.807) is 5.29 Å². The molecular formula is CH2N3O4+. The summed E-state index contributed by atoms with van der Waals surface area (Å²) in [7, 11) is 0. The molecule has 0 aliphatic carbocycles. The molecule has 0 saturated carbocycles. The van der Waals surface area contributed by atoms with Crippen LogP contribution in [0.5, 0.6) is 0 Å².